The number of anilines is 2. The van der Waals surface area contributed by atoms with Gasteiger partial charge in [-0.25, -0.2) is 8.42 Å². The van der Waals surface area contributed by atoms with Crippen LogP contribution < -0.4 is 14.8 Å². The van der Waals surface area contributed by atoms with Crippen LogP contribution in [0.5, 0.6) is 5.75 Å². The van der Waals surface area contributed by atoms with E-state index < -0.39 is 10.0 Å². The van der Waals surface area contributed by atoms with Crippen molar-refractivity contribution < 1.29 is 17.9 Å². The molecule has 0 radical (unpaired) electrons. The molecule has 10 heteroatoms. The highest BCUT2D eigenvalue weighted by molar-refractivity contribution is 7.93. The number of hydrogen-bond acceptors (Lipinski definition) is 7. The summed E-state index contributed by atoms with van der Waals surface area (Å²) in [7, 11) is -3.81. The van der Waals surface area contributed by atoms with Crippen LogP contribution in [0.4, 0.5) is 10.8 Å². The number of sulfonamides is 1. The van der Waals surface area contributed by atoms with Crippen LogP contribution >= 0.6 is 11.3 Å². The van der Waals surface area contributed by atoms with Crippen LogP contribution in [0.3, 0.4) is 0 Å². The molecule has 0 unspecified atom stereocenters. The molecule has 3 rings (SSSR count). The Morgan fingerprint density at radius 3 is 2.77 bits per heavy atom. The summed E-state index contributed by atoms with van der Waals surface area (Å²) in [5.41, 5.74) is 0.942. The normalized spacial score (nSPS) is 14.0. The number of rotatable bonds is 3. The van der Waals surface area contributed by atoms with Gasteiger partial charge in [0.2, 0.25) is 5.13 Å². The second-order valence-electron chi connectivity index (χ2n) is 4.68. The number of fused-ring (bicyclic) bond motifs is 1. The number of carbonyl (C=O) groups excluding carboxylic acids is 1. The number of ether oxygens (including phenoxy) is 1. The van der Waals surface area contributed by atoms with Crippen LogP contribution in [0.25, 0.3) is 0 Å². The van der Waals surface area contributed by atoms with Crippen molar-refractivity contribution in [1.82, 2.24) is 10.2 Å². The van der Waals surface area contributed by atoms with Crippen molar-refractivity contribution in [2.24, 2.45) is 0 Å². The SMILES string of the molecule is Cc1nnc(NS(=O)(=O)c2cc3c(cc2C)NC(=O)CO3)s1. The minimum atomic E-state index is -3.81. The van der Waals surface area contributed by atoms with Crippen LogP contribution in [0.1, 0.15) is 10.6 Å². The molecule has 1 aliphatic rings. The molecule has 0 fully saturated rings. The zero-order chi connectivity index (χ0) is 15.9. The molecule has 0 spiro atoms. The minimum absolute atomic E-state index is 0.0650. The van der Waals surface area contributed by atoms with Crippen molar-refractivity contribution in [1.29, 1.82) is 0 Å². The van der Waals surface area contributed by atoms with Crippen molar-refractivity contribution >= 4 is 38.1 Å². The third kappa shape index (κ3) is 2.74. The highest BCUT2D eigenvalue weighted by atomic mass is 32.2. The van der Waals surface area contributed by atoms with Gasteiger partial charge >= 0.3 is 0 Å². The Bertz CT molecular complexity index is 860. The Kier molecular flexibility index (Phi) is 3.49. The summed E-state index contributed by atoms with van der Waals surface area (Å²) in [5, 5.41) is 11.0. The summed E-state index contributed by atoms with van der Waals surface area (Å²) in [6.07, 6.45) is 0. The Labute approximate surface area is 130 Å². The third-order valence-corrected chi connectivity index (χ3v) is 5.31. The number of nitrogens with one attached hydrogen (secondary N) is 2. The lowest BCUT2D eigenvalue weighted by Gasteiger charge is -2.20. The maximum absolute atomic E-state index is 12.5. The van der Waals surface area contributed by atoms with Crippen molar-refractivity contribution in [3.8, 4) is 5.75 Å². The quantitative estimate of drug-likeness (QED) is 0.871. The number of aryl methyl sites for hydroxylation is 2. The molecule has 2 aromatic rings. The average Bonchev–Trinajstić information content (AvgIpc) is 2.82. The fraction of sp³-hybridized carbons (Fsp3) is 0.250. The first-order chi connectivity index (χ1) is 10.3. The molecule has 0 atom stereocenters. The molecule has 0 saturated heterocycles. The second-order valence-corrected chi connectivity index (χ2v) is 7.51. The fourth-order valence-electron chi connectivity index (χ4n) is 2.01. The van der Waals surface area contributed by atoms with E-state index in [1.165, 1.54) is 6.07 Å². The van der Waals surface area contributed by atoms with E-state index in [0.29, 0.717) is 22.0 Å². The van der Waals surface area contributed by atoms with Gasteiger partial charge in [0, 0.05) is 6.07 Å². The molecule has 2 heterocycles. The molecule has 1 aliphatic heterocycles. The summed E-state index contributed by atoms with van der Waals surface area (Å²) in [4.78, 5) is 11.3. The first-order valence-electron chi connectivity index (χ1n) is 6.25. The van der Waals surface area contributed by atoms with Gasteiger partial charge in [0.25, 0.3) is 15.9 Å². The summed E-state index contributed by atoms with van der Waals surface area (Å²) >= 11 is 1.14. The Morgan fingerprint density at radius 2 is 2.09 bits per heavy atom. The zero-order valence-corrected chi connectivity index (χ0v) is 13.3. The Morgan fingerprint density at radius 1 is 1.32 bits per heavy atom. The van der Waals surface area contributed by atoms with Crippen molar-refractivity contribution in [3.05, 3.63) is 22.7 Å². The van der Waals surface area contributed by atoms with Gasteiger partial charge in [-0.2, -0.15) is 0 Å². The number of benzene rings is 1. The molecule has 0 bridgehead atoms. The molecule has 1 amide bonds. The lowest BCUT2D eigenvalue weighted by molar-refractivity contribution is -0.118. The number of aromatic nitrogens is 2. The molecule has 1 aromatic carbocycles. The van der Waals surface area contributed by atoms with Crippen LogP contribution in [-0.4, -0.2) is 31.1 Å². The van der Waals surface area contributed by atoms with Crippen LogP contribution in [0, 0.1) is 13.8 Å². The van der Waals surface area contributed by atoms with E-state index in [4.69, 9.17) is 4.74 Å². The maximum Gasteiger partial charge on any atom is 0.264 e. The molecule has 22 heavy (non-hydrogen) atoms. The Hall–Kier alpha value is -2.20. The van der Waals surface area contributed by atoms with Crippen LogP contribution in [-0.2, 0) is 14.8 Å². The molecule has 8 nitrogen and oxygen atoms in total. The number of nitrogens with zero attached hydrogens (tertiary/aromatic N) is 2. The lowest BCUT2D eigenvalue weighted by Crippen LogP contribution is -2.26. The highest BCUT2D eigenvalue weighted by Gasteiger charge is 2.24. The van der Waals surface area contributed by atoms with Gasteiger partial charge in [-0.1, -0.05) is 11.3 Å². The summed E-state index contributed by atoms with van der Waals surface area (Å²) in [6, 6.07) is 2.95. The first kappa shape index (κ1) is 14.7. The van der Waals surface area contributed by atoms with E-state index in [0.717, 1.165) is 11.3 Å². The fourth-order valence-corrected chi connectivity index (χ4v) is 4.08. The minimum Gasteiger partial charge on any atom is -0.482 e. The average molecular weight is 340 g/mol. The smallest absolute Gasteiger partial charge is 0.264 e. The van der Waals surface area contributed by atoms with E-state index in [1.807, 2.05) is 0 Å². The van der Waals surface area contributed by atoms with Crippen LogP contribution in [0.15, 0.2) is 17.0 Å². The van der Waals surface area contributed by atoms with E-state index >= 15 is 0 Å². The van der Waals surface area contributed by atoms with Crippen molar-refractivity contribution in [2.75, 3.05) is 16.6 Å². The summed E-state index contributed by atoms with van der Waals surface area (Å²) in [5.74, 6) is 0.0454. The van der Waals surface area contributed by atoms with E-state index in [-0.39, 0.29) is 22.5 Å². The Balaban J connectivity index is 1.98. The predicted octanol–water partition coefficient (Wildman–Crippen LogP) is 1.29. The molecular formula is C12H12N4O4S2. The molecule has 0 saturated carbocycles. The van der Waals surface area contributed by atoms with Gasteiger partial charge in [-0.3, -0.25) is 9.52 Å². The first-order valence-corrected chi connectivity index (χ1v) is 8.55. The van der Waals surface area contributed by atoms with Gasteiger partial charge in [0.05, 0.1) is 10.6 Å². The van der Waals surface area contributed by atoms with Gasteiger partial charge in [0.1, 0.15) is 10.8 Å². The number of hydrogen-bond donors (Lipinski definition) is 2. The van der Waals surface area contributed by atoms with E-state index in [1.54, 1.807) is 19.9 Å². The zero-order valence-electron chi connectivity index (χ0n) is 11.7. The van der Waals surface area contributed by atoms with Gasteiger partial charge in [-0.05, 0) is 25.5 Å². The maximum atomic E-state index is 12.5. The largest absolute Gasteiger partial charge is 0.482 e. The van der Waals surface area contributed by atoms with Crippen molar-refractivity contribution in [3.63, 3.8) is 0 Å². The molecular weight excluding hydrogens is 328 g/mol. The van der Waals surface area contributed by atoms with Gasteiger partial charge in [-0.15, -0.1) is 10.2 Å². The molecule has 1 aromatic heterocycles. The standard InChI is InChI=1S/C12H12N4O4S2/c1-6-3-8-9(20-5-11(17)13-8)4-10(6)22(18,19)16-12-15-14-7(2)21-12/h3-4H,5H2,1-2H3,(H,13,17)(H,15,16). The lowest BCUT2D eigenvalue weighted by atomic mass is 10.2. The third-order valence-electron chi connectivity index (χ3n) is 2.95. The predicted molar refractivity (Wildman–Crippen MR) is 80.8 cm³/mol. The van der Waals surface area contributed by atoms with E-state index in [2.05, 4.69) is 20.2 Å². The van der Waals surface area contributed by atoms with Gasteiger partial charge in [0.15, 0.2) is 6.61 Å². The highest BCUT2D eigenvalue weighted by Crippen LogP contribution is 2.33. The van der Waals surface area contributed by atoms with Crippen molar-refractivity contribution in [2.45, 2.75) is 18.7 Å². The second kappa shape index (κ2) is 5.21. The van der Waals surface area contributed by atoms with Crippen LogP contribution in [0.2, 0.25) is 0 Å². The number of carbonyl (C=O) groups is 1. The number of amides is 1. The molecule has 0 aliphatic carbocycles. The molecule has 116 valence electrons. The topological polar surface area (TPSA) is 110 Å². The van der Waals surface area contributed by atoms with E-state index in [9.17, 15) is 13.2 Å². The summed E-state index contributed by atoms with van der Waals surface area (Å²) in [6.45, 7) is 3.23. The molecule has 2 N–H and O–H groups in total. The summed E-state index contributed by atoms with van der Waals surface area (Å²) < 4.78 is 32.6. The van der Waals surface area contributed by atoms with Gasteiger partial charge < -0.3 is 10.1 Å². The monoisotopic (exact) mass is 340 g/mol.